The Labute approximate surface area is 261 Å². The van der Waals surface area contributed by atoms with E-state index in [1.54, 1.807) is 0 Å². The van der Waals surface area contributed by atoms with Crippen molar-refractivity contribution in [1.29, 1.82) is 0 Å². The molecule has 0 radical (unpaired) electrons. The van der Waals surface area contributed by atoms with Crippen LogP contribution in [-0.4, -0.2) is 111 Å². The standard InChI is InChI=1S/C32H56N2O10/c1-2-3-4-5-9-17-27(38)34-23(21-43-32-31(42)30(41)29(40)25(20-35)44-32)28(39)24(36)16-12-18-26(37)33-19-11-10-15-22-13-7-6-8-14-22/h7,13-14,23-25,28-32,35-36,39-42H,2-6,8-12,15-21H2,1H3,(H,33,37)(H,34,38)/t23-,24+,25+,28-,29-,30-,31+,32-/m0/s1. The van der Waals surface area contributed by atoms with Crippen molar-refractivity contribution < 1.29 is 49.7 Å². The number of amides is 2. The van der Waals surface area contributed by atoms with Gasteiger partial charge in [-0.1, -0.05) is 56.4 Å². The fourth-order valence-corrected chi connectivity index (χ4v) is 5.33. The van der Waals surface area contributed by atoms with Crippen LogP contribution in [0.2, 0.25) is 0 Å². The lowest BCUT2D eigenvalue weighted by Crippen LogP contribution is -2.60. The molecule has 254 valence electrons. The van der Waals surface area contributed by atoms with Crippen LogP contribution in [0.3, 0.4) is 0 Å². The lowest BCUT2D eigenvalue weighted by molar-refractivity contribution is -0.303. The second kappa shape index (κ2) is 21.8. The third kappa shape index (κ3) is 14.0. The molecule has 8 N–H and O–H groups in total. The lowest BCUT2D eigenvalue weighted by Gasteiger charge is -2.40. The number of hydrogen-bond acceptors (Lipinski definition) is 10. The molecule has 1 fully saturated rings. The van der Waals surface area contributed by atoms with Crippen LogP contribution in [0, 0.1) is 0 Å². The predicted octanol–water partition coefficient (Wildman–Crippen LogP) is 1.10. The van der Waals surface area contributed by atoms with Crippen LogP contribution < -0.4 is 10.6 Å². The molecule has 2 amide bonds. The third-order valence-electron chi connectivity index (χ3n) is 8.14. The van der Waals surface area contributed by atoms with E-state index in [-0.39, 0.29) is 31.1 Å². The van der Waals surface area contributed by atoms with Crippen LogP contribution in [0.5, 0.6) is 0 Å². The molecule has 12 heteroatoms. The number of carbonyl (C=O) groups is 2. The van der Waals surface area contributed by atoms with Crippen molar-refractivity contribution in [3.63, 3.8) is 0 Å². The molecule has 1 heterocycles. The second-order valence-electron chi connectivity index (χ2n) is 11.9. The van der Waals surface area contributed by atoms with Gasteiger partial charge in [0.05, 0.1) is 25.4 Å². The molecule has 0 bridgehead atoms. The van der Waals surface area contributed by atoms with Crippen molar-refractivity contribution in [2.75, 3.05) is 19.8 Å². The maximum atomic E-state index is 12.7. The number of allylic oxidation sites excluding steroid dienone is 4. The molecule has 0 aromatic heterocycles. The van der Waals surface area contributed by atoms with Gasteiger partial charge < -0.3 is 50.7 Å². The van der Waals surface area contributed by atoms with Gasteiger partial charge >= 0.3 is 0 Å². The molecule has 0 aromatic carbocycles. The molecule has 1 saturated heterocycles. The predicted molar refractivity (Wildman–Crippen MR) is 164 cm³/mol. The summed E-state index contributed by atoms with van der Waals surface area (Å²) in [5.41, 5.74) is 1.34. The van der Waals surface area contributed by atoms with Crippen molar-refractivity contribution in [1.82, 2.24) is 10.6 Å². The van der Waals surface area contributed by atoms with Crippen molar-refractivity contribution in [3.05, 3.63) is 23.8 Å². The Morgan fingerprint density at radius 1 is 0.955 bits per heavy atom. The number of rotatable bonds is 22. The third-order valence-corrected chi connectivity index (χ3v) is 8.14. The van der Waals surface area contributed by atoms with Crippen LogP contribution in [-0.2, 0) is 19.1 Å². The Kier molecular flexibility index (Phi) is 18.9. The first-order valence-electron chi connectivity index (χ1n) is 16.4. The molecule has 0 saturated carbocycles. The van der Waals surface area contributed by atoms with Gasteiger partial charge in [0.15, 0.2) is 6.29 Å². The maximum absolute atomic E-state index is 12.7. The molecular formula is C32H56N2O10. The number of ether oxygens (including phenoxy) is 2. The van der Waals surface area contributed by atoms with E-state index >= 15 is 0 Å². The summed E-state index contributed by atoms with van der Waals surface area (Å²) in [6.07, 6.45) is 6.91. The zero-order valence-corrected chi connectivity index (χ0v) is 26.2. The summed E-state index contributed by atoms with van der Waals surface area (Å²) >= 11 is 0. The van der Waals surface area contributed by atoms with Crippen molar-refractivity contribution in [2.45, 2.75) is 146 Å². The summed E-state index contributed by atoms with van der Waals surface area (Å²) in [4.78, 5) is 24.9. The zero-order chi connectivity index (χ0) is 32.3. The maximum Gasteiger partial charge on any atom is 0.220 e. The van der Waals surface area contributed by atoms with E-state index < -0.39 is 62.2 Å². The first-order valence-corrected chi connectivity index (χ1v) is 16.4. The molecule has 44 heavy (non-hydrogen) atoms. The highest BCUT2D eigenvalue weighted by molar-refractivity contribution is 5.76. The Morgan fingerprint density at radius 2 is 1.70 bits per heavy atom. The van der Waals surface area contributed by atoms with Gasteiger partial charge in [-0.3, -0.25) is 9.59 Å². The normalized spacial score (nSPS) is 25.6. The highest BCUT2D eigenvalue weighted by Gasteiger charge is 2.44. The van der Waals surface area contributed by atoms with E-state index in [9.17, 15) is 40.2 Å². The molecule has 2 rings (SSSR count). The van der Waals surface area contributed by atoms with Crippen LogP contribution in [0.25, 0.3) is 0 Å². The Hall–Kier alpha value is -1.90. The lowest BCUT2D eigenvalue weighted by atomic mass is 9.99. The first-order chi connectivity index (χ1) is 21.2. The van der Waals surface area contributed by atoms with Crippen LogP contribution in [0.1, 0.15) is 96.8 Å². The fraction of sp³-hybridized carbons (Fsp3) is 0.812. The average molecular weight is 629 g/mol. The monoisotopic (exact) mass is 628 g/mol. The molecule has 0 unspecified atom stereocenters. The Morgan fingerprint density at radius 3 is 2.41 bits per heavy atom. The molecule has 0 aromatic rings. The second-order valence-corrected chi connectivity index (χ2v) is 11.9. The highest BCUT2D eigenvalue weighted by atomic mass is 16.7. The summed E-state index contributed by atoms with van der Waals surface area (Å²) in [5, 5.41) is 67.0. The average Bonchev–Trinajstić information content (AvgIpc) is 3.02. The number of unbranched alkanes of at least 4 members (excludes halogenated alkanes) is 5. The zero-order valence-electron chi connectivity index (χ0n) is 26.2. The van der Waals surface area contributed by atoms with Gasteiger partial charge in [0, 0.05) is 19.4 Å². The number of carbonyl (C=O) groups excluding carboxylic acids is 2. The van der Waals surface area contributed by atoms with E-state index in [1.807, 2.05) is 0 Å². The van der Waals surface area contributed by atoms with Crippen molar-refractivity contribution in [2.24, 2.45) is 0 Å². The fourth-order valence-electron chi connectivity index (χ4n) is 5.33. The molecule has 1 aliphatic heterocycles. The minimum Gasteiger partial charge on any atom is -0.394 e. The van der Waals surface area contributed by atoms with Gasteiger partial charge in [-0.2, -0.15) is 0 Å². The Bertz CT molecular complexity index is 883. The molecule has 8 atom stereocenters. The summed E-state index contributed by atoms with van der Waals surface area (Å²) in [6.45, 7) is 1.65. The van der Waals surface area contributed by atoms with Crippen molar-refractivity contribution in [3.8, 4) is 0 Å². The molecule has 2 aliphatic rings. The van der Waals surface area contributed by atoms with Crippen LogP contribution >= 0.6 is 0 Å². The van der Waals surface area contributed by atoms with Crippen molar-refractivity contribution >= 4 is 11.8 Å². The van der Waals surface area contributed by atoms with Gasteiger partial charge in [0.1, 0.15) is 30.5 Å². The van der Waals surface area contributed by atoms with Crippen LogP contribution in [0.15, 0.2) is 23.8 Å². The van der Waals surface area contributed by atoms with Gasteiger partial charge in [-0.15, -0.1) is 0 Å². The highest BCUT2D eigenvalue weighted by Crippen LogP contribution is 2.23. The van der Waals surface area contributed by atoms with E-state index in [4.69, 9.17) is 9.47 Å². The van der Waals surface area contributed by atoms with E-state index in [0.29, 0.717) is 19.4 Å². The summed E-state index contributed by atoms with van der Waals surface area (Å²) < 4.78 is 10.9. The topological polar surface area (TPSA) is 198 Å². The number of aliphatic hydroxyl groups is 6. The Balaban J connectivity index is 1.82. The minimum absolute atomic E-state index is 0.0957. The number of aliphatic hydroxyl groups excluding tert-OH is 6. The first kappa shape index (κ1) is 38.3. The van der Waals surface area contributed by atoms with E-state index in [1.165, 1.54) is 5.57 Å². The number of nitrogens with one attached hydrogen (secondary N) is 2. The summed E-state index contributed by atoms with van der Waals surface area (Å²) in [5.74, 6) is -0.479. The minimum atomic E-state index is -1.65. The molecular weight excluding hydrogens is 572 g/mol. The smallest absolute Gasteiger partial charge is 0.220 e. The van der Waals surface area contributed by atoms with E-state index in [0.717, 1.165) is 57.8 Å². The molecule has 12 nitrogen and oxygen atoms in total. The molecule has 1 aliphatic carbocycles. The number of hydrogen-bond donors (Lipinski definition) is 8. The summed E-state index contributed by atoms with van der Waals surface area (Å²) in [7, 11) is 0. The summed E-state index contributed by atoms with van der Waals surface area (Å²) in [6, 6.07) is -1.09. The van der Waals surface area contributed by atoms with Gasteiger partial charge in [0.25, 0.3) is 0 Å². The van der Waals surface area contributed by atoms with Crippen LogP contribution in [0.4, 0.5) is 0 Å². The largest absolute Gasteiger partial charge is 0.394 e. The SMILES string of the molecule is CCCCCCCC(=O)N[C@@H](CO[C@H]1O[C@H](CO)[C@H](O)[C@H](O)[C@H]1O)[C@H](O)[C@H](O)CCCC(=O)NCCCCC1=CCCC=C1. The quantitative estimate of drug-likeness (QED) is 0.0804. The van der Waals surface area contributed by atoms with Gasteiger partial charge in [-0.25, -0.2) is 0 Å². The van der Waals surface area contributed by atoms with Gasteiger partial charge in [-0.05, 0) is 51.4 Å². The van der Waals surface area contributed by atoms with Gasteiger partial charge in [0.2, 0.25) is 11.8 Å². The molecule has 0 spiro atoms. The van der Waals surface area contributed by atoms with E-state index in [2.05, 4.69) is 35.8 Å².